The van der Waals surface area contributed by atoms with E-state index in [-0.39, 0.29) is 5.41 Å². The van der Waals surface area contributed by atoms with E-state index >= 15 is 0 Å². The zero-order valence-electron chi connectivity index (χ0n) is 8.68. The van der Waals surface area contributed by atoms with Crippen molar-refractivity contribution in [3.05, 3.63) is 0 Å². The first-order valence-electron chi connectivity index (χ1n) is 4.95. The Morgan fingerprint density at radius 1 is 1.42 bits per heavy atom. The number of rotatable bonds is 1. The summed E-state index contributed by atoms with van der Waals surface area (Å²) in [6.07, 6.45) is 3.73. The quantitative estimate of drug-likeness (QED) is 0.588. The Kier molecular flexibility index (Phi) is 2.60. The third-order valence-corrected chi connectivity index (χ3v) is 3.33. The maximum Gasteiger partial charge on any atom is 0.133 e. The van der Waals surface area contributed by atoms with Crippen LogP contribution in [0, 0.1) is 17.3 Å². The Morgan fingerprint density at radius 2 is 2.00 bits per heavy atom. The second kappa shape index (κ2) is 3.20. The fraction of sp³-hybridized carbons (Fsp3) is 0.909. The third kappa shape index (κ3) is 1.70. The summed E-state index contributed by atoms with van der Waals surface area (Å²) >= 11 is 0. The molecule has 0 aliphatic heterocycles. The van der Waals surface area contributed by atoms with Crippen molar-refractivity contribution in [2.45, 2.75) is 47.0 Å². The molecule has 1 heteroatoms. The van der Waals surface area contributed by atoms with Crippen molar-refractivity contribution in [3.8, 4) is 0 Å². The molecule has 1 fully saturated rings. The molecule has 0 saturated heterocycles. The van der Waals surface area contributed by atoms with Crippen molar-refractivity contribution in [2.24, 2.45) is 17.3 Å². The van der Waals surface area contributed by atoms with E-state index < -0.39 is 0 Å². The van der Waals surface area contributed by atoms with Crippen LogP contribution in [-0.4, -0.2) is 5.78 Å². The van der Waals surface area contributed by atoms with Gasteiger partial charge in [-0.15, -0.1) is 0 Å². The summed E-state index contributed by atoms with van der Waals surface area (Å²) < 4.78 is 0. The molecule has 0 N–H and O–H groups in total. The number of Topliss-reactive ketones (excluding diaryl/α,β-unsaturated/α-hetero) is 1. The lowest BCUT2D eigenvalue weighted by molar-refractivity contribution is -0.128. The minimum Gasteiger partial charge on any atom is -0.300 e. The third-order valence-electron chi connectivity index (χ3n) is 3.33. The zero-order chi connectivity index (χ0) is 9.35. The summed E-state index contributed by atoms with van der Waals surface area (Å²) in [5, 5.41) is 0. The molecule has 0 unspecified atom stereocenters. The average Bonchev–Trinajstić information content (AvgIpc) is 1.82. The van der Waals surface area contributed by atoms with Gasteiger partial charge in [0.1, 0.15) is 5.78 Å². The first kappa shape index (κ1) is 9.76. The SMILES string of the molecule is CC(=O)[C@H]1[C@@H](C)CCCC1(C)C. The van der Waals surface area contributed by atoms with Gasteiger partial charge in [-0.3, -0.25) is 4.79 Å². The van der Waals surface area contributed by atoms with Crippen LogP contribution in [0.15, 0.2) is 0 Å². The summed E-state index contributed by atoms with van der Waals surface area (Å²) in [6.45, 7) is 8.42. The largest absolute Gasteiger partial charge is 0.300 e. The van der Waals surface area contributed by atoms with E-state index in [0.717, 1.165) is 0 Å². The van der Waals surface area contributed by atoms with E-state index in [2.05, 4.69) is 20.8 Å². The Hall–Kier alpha value is -0.330. The molecule has 0 radical (unpaired) electrons. The molecule has 1 aliphatic carbocycles. The molecule has 0 aromatic carbocycles. The Labute approximate surface area is 75.5 Å². The molecule has 2 atom stereocenters. The van der Waals surface area contributed by atoms with Gasteiger partial charge < -0.3 is 0 Å². The molecule has 1 nitrogen and oxygen atoms in total. The molecule has 0 spiro atoms. The van der Waals surface area contributed by atoms with E-state index in [1.807, 2.05) is 0 Å². The molecular formula is C11H20O. The molecule has 1 saturated carbocycles. The van der Waals surface area contributed by atoms with Crippen molar-refractivity contribution in [1.29, 1.82) is 0 Å². The Balaban J connectivity index is 2.81. The van der Waals surface area contributed by atoms with Gasteiger partial charge in [-0.2, -0.15) is 0 Å². The summed E-state index contributed by atoms with van der Waals surface area (Å²) in [4.78, 5) is 11.4. The molecule has 70 valence electrons. The average molecular weight is 168 g/mol. The first-order valence-corrected chi connectivity index (χ1v) is 4.95. The standard InChI is InChI=1S/C11H20O/c1-8-6-5-7-11(3,4)10(8)9(2)12/h8,10H,5-7H2,1-4H3/t8-,10+/m0/s1. The minimum atomic E-state index is 0.240. The molecule has 0 bridgehead atoms. The molecule has 0 amide bonds. The second-order valence-electron chi connectivity index (χ2n) is 4.95. The fourth-order valence-electron chi connectivity index (χ4n) is 2.92. The van der Waals surface area contributed by atoms with Crippen molar-refractivity contribution in [1.82, 2.24) is 0 Å². The first-order chi connectivity index (χ1) is 5.45. The van der Waals surface area contributed by atoms with Crippen LogP contribution >= 0.6 is 0 Å². The summed E-state index contributed by atoms with van der Waals surface area (Å²) in [7, 11) is 0. The maximum atomic E-state index is 11.4. The highest BCUT2D eigenvalue weighted by molar-refractivity contribution is 5.79. The monoisotopic (exact) mass is 168 g/mol. The van der Waals surface area contributed by atoms with Crippen LogP contribution < -0.4 is 0 Å². The van der Waals surface area contributed by atoms with Crippen LogP contribution in [0.1, 0.15) is 47.0 Å². The van der Waals surface area contributed by atoms with E-state index in [1.54, 1.807) is 6.92 Å². The van der Waals surface area contributed by atoms with Gasteiger partial charge in [-0.1, -0.05) is 27.2 Å². The highest BCUT2D eigenvalue weighted by Gasteiger charge is 2.39. The van der Waals surface area contributed by atoms with E-state index in [1.165, 1.54) is 19.3 Å². The fourth-order valence-corrected chi connectivity index (χ4v) is 2.92. The Bertz CT molecular complexity index is 181. The van der Waals surface area contributed by atoms with E-state index in [9.17, 15) is 4.79 Å². The minimum absolute atomic E-state index is 0.240. The molecule has 1 aliphatic rings. The lowest BCUT2D eigenvalue weighted by Gasteiger charge is -2.41. The summed E-state index contributed by atoms with van der Waals surface area (Å²) in [5.74, 6) is 1.27. The van der Waals surface area contributed by atoms with Crippen LogP contribution in [0.25, 0.3) is 0 Å². The van der Waals surface area contributed by atoms with E-state index in [4.69, 9.17) is 0 Å². The lowest BCUT2D eigenvalue weighted by Crippen LogP contribution is -2.38. The van der Waals surface area contributed by atoms with Crippen LogP contribution in [0.2, 0.25) is 0 Å². The molecule has 0 heterocycles. The van der Waals surface area contributed by atoms with Gasteiger partial charge in [0.05, 0.1) is 0 Å². The van der Waals surface area contributed by atoms with Crippen LogP contribution in [0.5, 0.6) is 0 Å². The number of carbonyl (C=O) groups excluding carboxylic acids is 1. The lowest BCUT2D eigenvalue weighted by atomic mass is 9.63. The molecule has 0 aromatic heterocycles. The summed E-state index contributed by atoms with van der Waals surface area (Å²) in [6, 6.07) is 0. The van der Waals surface area contributed by atoms with Crippen molar-refractivity contribution < 1.29 is 4.79 Å². The number of ketones is 1. The number of hydrogen-bond donors (Lipinski definition) is 0. The zero-order valence-corrected chi connectivity index (χ0v) is 8.68. The number of hydrogen-bond acceptors (Lipinski definition) is 1. The van der Waals surface area contributed by atoms with Gasteiger partial charge >= 0.3 is 0 Å². The predicted molar refractivity (Wildman–Crippen MR) is 51.0 cm³/mol. The summed E-state index contributed by atoms with van der Waals surface area (Å²) in [5.41, 5.74) is 0.240. The van der Waals surface area contributed by atoms with Crippen molar-refractivity contribution in [3.63, 3.8) is 0 Å². The van der Waals surface area contributed by atoms with Gasteiger partial charge in [0.2, 0.25) is 0 Å². The maximum absolute atomic E-state index is 11.4. The van der Waals surface area contributed by atoms with Crippen molar-refractivity contribution >= 4 is 5.78 Å². The second-order valence-corrected chi connectivity index (χ2v) is 4.95. The van der Waals surface area contributed by atoms with Crippen LogP contribution in [0.4, 0.5) is 0 Å². The Morgan fingerprint density at radius 3 is 2.33 bits per heavy atom. The van der Waals surface area contributed by atoms with E-state index in [0.29, 0.717) is 17.6 Å². The van der Waals surface area contributed by atoms with Gasteiger partial charge in [0.25, 0.3) is 0 Å². The van der Waals surface area contributed by atoms with Gasteiger partial charge in [0.15, 0.2) is 0 Å². The van der Waals surface area contributed by atoms with Gasteiger partial charge in [-0.25, -0.2) is 0 Å². The smallest absolute Gasteiger partial charge is 0.133 e. The van der Waals surface area contributed by atoms with Gasteiger partial charge in [0, 0.05) is 5.92 Å². The molecule has 0 aromatic rings. The molecule has 1 rings (SSSR count). The van der Waals surface area contributed by atoms with Crippen LogP contribution in [-0.2, 0) is 4.79 Å². The van der Waals surface area contributed by atoms with Gasteiger partial charge in [-0.05, 0) is 31.1 Å². The normalized spacial score (nSPS) is 34.7. The highest BCUT2D eigenvalue weighted by Crippen LogP contribution is 2.44. The molecule has 12 heavy (non-hydrogen) atoms. The predicted octanol–water partition coefficient (Wildman–Crippen LogP) is 3.04. The number of carbonyl (C=O) groups is 1. The topological polar surface area (TPSA) is 17.1 Å². The van der Waals surface area contributed by atoms with Crippen molar-refractivity contribution in [2.75, 3.05) is 0 Å². The van der Waals surface area contributed by atoms with Crippen LogP contribution in [0.3, 0.4) is 0 Å². The highest BCUT2D eigenvalue weighted by atomic mass is 16.1. The molecular weight excluding hydrogens is 148 g/mol.